The number of fused-ring (bicyclic) bond motifs is 1. The van der Waals surface area contributed by atoms with Crippen LogP contribution in [0.5, 0.6) is 0 Å². The zero-order chi connectivity index (χ0) is 18.1. The first-order chi connectivity index (χ1) is 12.6. The van der Waals surface area contributed by atoms with Gasteiger partial charge in [0.25, 0.3) is 5.91 Å². The van der Waals surface area contributed by atoms with E-state index in [1.807, 2.05) is 36.9 Å². The Bertz CT molecular complexity index is 913. The quantitative estimate of drug-likeness (QED) is 0.780. The number of amides is 1. The Morgan fingerprint density at radius 3 is 2.88 bits per heavy atom. The van der Waals surface area contributed by atoms with E-state index in [1.165, 1.54) is 0 Å². The van der Waals surface area contributed by atoms with Crippen LogP contribution in [0.15, 0.2) is 41.3 Å². The van der Waals surface area contributed by atoms with E-state index in [2.05, 4.69) is 20.6 Å². The Morgan fingerprint density at radius 1 is 1.35 bits per heavy atom. The van der Waals surface area contributed by atoms with Crippen LogP contribution < -0.4 is 5.32 Å². The van der Waals surface area contributed by atoms with Gasteiger partial charge in [-0.25, -0.2) is 4.68 Å². The lowest BCUT2D eigenvalue weighted by molar-refractivity contribution is 0.0923. The summed E-state index contributed by atoms with van der Waals surface area (Å²) in [6, 6.07) is 5.50. The van der Waals surface area contributed by atoms with Crippen molar-refractivity contribution in [3.05, 3.63) is 59.5 Å². The van der Waals surface area contributed by atoms with Gasteiger partial charge < -0.3 is 9.84 Å². The molecule has 0 spiro atoms. The Hall–Kier alpha value is -2.96. The minimum absolute atomic E-state index is 0.0685. The molecular weight excluding hydrogens is 330 g/mol. The molecule has 4 rings (SSSR count). The van der Waals surface area contributed by atoms with Gasteiger partial charge in [-0.15, -0.1) is 0 Å². The molecule has 0 saturated carbocycles. The van der Waals surface area contributed by atoms with Crippen LogP contribution in [-0.4, -0.2) is 25.8 Å². The third-order valence-corrected chi connectivity index (χ3v) is 4.73. The Labute approximate surface area is 151 Å². The molecule has 0 radical (unpaired) electrons. The number of rotatable bonds is 4. The lowest BCUT2D eigenvalue weighted by Crippen LogP contribution is -2.31. The van der Waals surface area contributed by atoms with E-state index in [9.17, 15) is 4.79 Å². The highest BCUT2D eigenvalue weighted by Gasteiger charge is 2.27. The molecular formula is C19H21N5O2. The van der Waals surface area contributed by atoms with Gasteiger partial charge in [-0.1, -0.05) is 19.0 Å². The summed E-state index contributed by atoms with van der Waals surface area (Å²) in [6.07, 6.45) is 8.17. The molecule has 0 aliphatic heterocycles. The standard InChI is InChI=1S/C19H21N5O2/c1-12(2)18-10-16(23-26-18)19(25)22-15-4-3-5-17-14(15)11-21-24(17)13-6-8-20-9-7-13/h6-12,15H,3-5H2,1-2H3,(H,22,25)/t15-/m0/s1. The van der Waals surface area contributed by atoms with Gasteiger partial charge in [0.1, 0.15) is 5.76 Å². The Morgan fingerprint density at radius 2 is 2.15 bits per heavy atom. The van der Waals surface area contributed by atoms with Crippen molar-refractivity contribution < 1.29 is 9.32 Å². The summed E-state index contributed by atoms with van der Waals surface area (Å²) in [4.78, 5) is 16.6. The van der Waals surface area contributed by atoms with E-state index in [0.717, 1.165) is 36.2 Å². The molecule has 1 aliphatic rings. The van der Waals surface area contributed by atoms with Crippen molar-refractivity contribution in [1.29, 1.82) is 0 Å². The number of carbonyl (C=O) groups excluding carboxylic acids is 1. The van der Waals surface area contributed by atoms with Gasteiger partial charge in [-0.2, -0.15) is 5.10 Å². The molecule has 0 unspecified atom stereocenters. The highest BCUT2D eigenvalue weighted by molar-refractivity contribution is 5.92. The van der Waals surface area contributed by atoms with Crippen molar-refractivity contribution in [2.45, 2.75) is 45.1 Å². The highest BCUT2D eigenvalue weighted by Crippen LogP contribution is 2.31. The van der Waals surface area contributed by atoms with Gasteiger partial charge in [0, 0.05) is 35.6 Å². The number of hydrogen-bond donors (Lipinski definition) is 1. The molecule has 0 aromatic carbocycles. The molecule has 0 fully saturated rings. The number of pyridine rings is 1. The molecule has 3 aromatic heterocycles. The summed E-state index contributed by atoms with van der Waals surface area (Å²) in [5, 5.41) is 11.5. The maximum atomic E-state index is 12.6. The average Bonchev–Trinajstić information content (AvgIpc) is 3.30. The molecule has 7 heteroatoms. The van der Waals surface area contributed by atoms with Crippen LogP contribution in [-0.2, 0) is 6.42 Å². The Balaban J connectivity index is 1.56. The summed E-state index contributed by atoms with van der Waals surface area (Å²) in [6.45, 7) is 4.01. The molecule has 26 heavy (non-hydrogen) atoms. The van der Waals surface area contributed by atoms with Gasteiger partial charge in [-0.05, 0) is 31.4 Å². The van der Waals surface area contributed by atoms with Crippen LogP contribution in [0.2, 0.25) is 0 Å². The second kappa shape index (κ2) is 6.74. The summed E-state index contributed by atoms with van der Waals surface area (Å²) < 4.78 is 7.17. The number of carbonyl (C=O) groups is 1. The largest absolute Gasteiger partial charge is 0.360 e. The van der Waals surface area contributed by atoms with E-state index in [0.29, 0.717) is 11.5 Å². The van der Waals surface area contributed by atoms with Crippen LogP contribution in [0, 0.1) is 0 Å². The van der Waals surface area contributed by atoms with Crippen LogP contribution in [0.3, 0.4) is 0 Å². The molecule has 0 bridgehead atoms. The SMILES string of the molecule is CC(C)c1cc(C(=O)N[C@H]2CCCc3c2cnn3-c2ccncc2)no1. The summed E-state index contributed by atoms with van der Waals surface area (Å²) in [5.74, 6) is 0.698. The normalized spacial score (nSPS) is 16.5. The third kappa shape index (κ3) is 3.00. The van der Waals surface area contributed by atoms with Crippen LogP contribution in [0.1, 0.15) is 66.2 Å². The summed E-state index contributed by atoms with van der Waals surface area (Å²) in [7, 11) is 0. The van der Waals surface area contributed by atoms with E-state index in [4.69, 9.17) is 4.52 Å². The van der Waals surface area contributed by atoms with Crippen LogP contribution in [0.4, 0.5) is 0 Å². The first-order valence-corrected chi connectivity index (χ1v) is 8.88. The molecule has 1 aliphatic carbocycles. The third-order valence-electron chi connectivity index (χ3n) is 4.73. The zero-order valence-corrected chi connectivity index (χ0v) is 14.8. The fourth-order valence-corrected chi connectivity index (χ4v) is 3.32. The van der Waals surface area contributed by atoms with Crippen molar-refractivity contribution in [3.63, 3.8) is 0 Å². The van der Waals surface area contributed by atoms with Gasteiger partial charge >= 0.3 is 0 Å². The fourth-order valence-electron chi connectivity index (χ4n) is 3.32. The van der Waals surface area contributed by atoms with Crippen molar-refractivity contribution in [3.8, 4) is 5.69 Å². The van der Waals surface area contributed by atoms with Crippen molar-refractivity contribution >= 4 is 5.91 Å². The predicted molar refractivity (Wildman–Crippen MR) is 95.1 cm³/mol. The number of nitrogens with one attached hydrogen (secondary N) is 1. The summed E-state index contributed by atoms with van der Waals surface area (Å²) >= 11 is 0. The van der Waals surface area contributed by atoms with E-state index in [-0.39, 0.29) is 17.9 Å². The molecule has 7 nitrogen and oxygen atoms in total. The van der Waals surface area contributed by atoms with Gasteiger partial charge in [0.15, 0.2) is 5.69 Å². The van der Waals surface area contributed by atoms with Crippen molar-refractivity contribution in [1.82, 2.24) is 25.2 Å². The number of hydrogen-bond acceptors (Lipinski definition) is 5. The first-order valence-electron chi connectivity index (χ1n) is 8.88. The van der Waals surface area contributed by atoms with Gasteiger partial charge in [0.05, 0.1) is 17.9 Å². The van der Waals surface area contributed by atoms with Crippen LogP contribution in [0.25, 0.3) is 5.69 Å². The lowest BCUT2D eigenvalue weighted by Gasteiger charge is -2.23. The minimum atomic E-state index is -0.213. The van der Waals surface area contributed by atoms with E-state index < -0.39 is 0 Å². The second-order valence-corrected chi connectivity index (χ2v) is 6.85. The molecule has 1 atom stereocenters. The zero-order valence-electron chi connectivity index (χ0n) is 14.8. The molecule has 0 saturated heterocycles. The molecule has 1 amide bonds. The Kier molecular flexibility index (Phi) is 4.28. The maximum Gasteiger partial charge on any atom is 0.273 e. The van der Waals surface area contributed by atoms with Crippen molar-refractivity contribution in [2.75, 3.05) is 0 Å². The monoisotopic (exact) mass is 351 g/mol. The van der Waals surface area contributed by atoms with E-state index >= 15 is 0 Å². The summed E-state index contributed by atoms with van der Waals surface area (Å²) in [5.41, 5.74) is 3.50. The maximum absolute atomic E-state index is 12.6. The number of aromatic nitrogens is 4. The van der Waals surface area contributed by atoms with Gasteiger partial charge in [0.2, 0.25) is 0 Å². The number of nitrogens with zero attached hydrogens (tertiary/aromatic N) is 4. The minimum Gasteiger partial charge on any atom is -0.360 e. The fraction of sp³-hybridized carbons (Fsp3) is 0.368. The molecule has 3 aromatic rings. The molecule has 1 N–H and O–H groups in total. The first kappa shape index (κ1) is 16.5. The smallest absolute Gasteiger partial charge is 0.273 e. The second-order valence-electron chi connectivity index (χ2n) is 6.85. The van der Waals surface area contributed by atoms with E-state index in [1.54, 1.807) is 18.5 Å². The topological polar surface area (TPSA) is 85.8 Å². The highest BCUT2D eigenvalue weighted by atomic mass is 16.5. The average molecular weight is 351 g/mol. The van der Waals surface area contributed by atoms with Gasteiger partial charge in [-0.3, -0.25) is 9.78 Å². The lowest BCUT2D eigenvalue weighted by atomic mass is 9.92. The van der Waals surface area contributed by atoms with Crippen LogP contribution >= 0.6 is 0 Å². The molecule has 3 heterocycles. The molecule has 134 valence electrons. The van der Waals surface area contributed by atoms with Crippen molar-refractivity contribution in [2.24, 2.45) is 0 Å². The predicted octanol–water partition coefficient (Wildman–Crippen LogP) is 3.19.